The lowest BCUT2D eigenvalue weighted by molar-refractivity contribution is 1.04. The van der Waals surface area contributed by atoms with Gasteiger partial charge in [0.2, 0.25) is 0 Å². The Balaban J connectivity index is 1.55. The first kappa shape index (κ1) is 28.2. The molecular weight excluding hydrogens is 500 g/mol. The largest absolute Gasteiger partial charge is 0.344 e. The molecule has 0 radical (unpaired) electrons. The third-order valence-corrected chi connectivity index (χ3v) is 8.64. The van der Waals surface area contributed by atoms with Crippen molar-refractivity contribution in [1.82, 2.24) is 15.0 Å². The third kappa shape index (κ3) is 5.04. The van der Waals surface area contributed by atoms with Crippen molar-refractivity contribution in [3.05, 3.63) is 111 Å². The predicted octanol–water partition coefficient (Wildman–Crippen LogP) is 9.42. The topological polar surface area (TPSA) is 41.9 Å². The van der Waals surface area contributed by atoms with Crippen LogP contribution in [-0.2, 0) is 0 Å². The van der Waals surface area contributed by atoms with Crippen LogP contribution in [0.4, 0.5) is 11.4 Å². The molecule has 0 atom stereocenters. The minimum atomic E-state index is 0.722. The van der Waals surface area contributed by atoms with Crippen LogP contribution in [0.3, 0.4) is 0 Å². The highest BCUT2D eigenvalue weighted by Crippen LogP contribution is 2.40. The van der Waals surface area contributed by atoms with E-state index in [1.807, 2.05) is 0 Å². The fraction of sp³-hybridized carbons (Fsp3) is 0.270. The van der Waals surface area contributed by atoms with Gasteiger partial charge in [-0.2, -0.15) is 0 Å². The highest BCUT2D eigenvalue weighted by atomic mass is 15.1. The summed E-state index contributed by atoms with van der Waals surface area (Å²) < 4.78 is 0. The second-order valence-corrected chi connectivity index (χ2v) is 11.5. The van der Waals surface area contributed by atoms with Crippen molar-refractivity contribution >= 4 is 11.4 Å². The van der Waals surface area contributed by atoms with Gasteiger partial charge in [0.1, 0.15) is 6.33 Å². The molecule has 0 fully saturated rings. The Labute approximate surface area is 245 Å². The summed E-state index contributed by atoms with van der Waals surface area (Å²) >= 11 is 0. The number of hydrogen-bond donors (Lipinski definition) is 0. The van der Waals surface area contributed by atoms with Crippen LogP contribution in [-0.4, -0.2) is 22.0 Å². The number of anilines is 2. The first-order valence-corrected chi connectivity index (χ1v) is 14.3. The zero-order valence-electron chi connectivity index (χ0n) is 26.1. The minimum Gasteiger partial charge on any atom is -0.344 e. The van der Waals surface area contributed by atoms with Crippen LogP contribution in [0.1, 0.15) is 50.1 Å². The molecule has 0 N–H and O–H groups in total. The van der Waals surface area contributed by atoms with Crippen molar-refractivity contribution in [2.45, 2.75) is 62.3 Å². The molecular formula is C37H40N4. The zero-order valence-corrected chi connectivity index (χ0v) is 26.1. The fourth-order valence-electron chi connectivity index (χ4n) is 6.45. The molecule has 0 unspecified atom stereocenters. The molecule has 0 bridgehead atoms. The molecule has 4 nitrogen and oxygen atoms in total. The molecule has 1 heterocycles. The van der Waals surface area contributed by atoms with E-state index in [2.05, 4.69) is 139 Å². The number of nitrogens with zero attached hydrogens (tertiary/aromatic N) is 4. The van der Waals surface area contributed by atoms with Crippen LogP contribution >= 0.6 is 0 Å². The van der Waals surface area contributed by atoms with Gasteiger partial charge in [0.15, 0.2) is 11.6 Å². The van der Waals surface area contributed by atoms with E-state index >= 15 is 0 Å². The second-order valence-electron chi connectivity index (χ2n) is 11.5. The molecule has 0 aliphatic carbocycles. The van der Waals surface area contributed by atoms with Crippen LogP contribution in [0.2, 0.25) is 0 Å². The van der Waals surface area contributed by atoms with Gasteiger partial charge in [-0.05, 0) is 130 Å². The number of benzene rings is 4. The maximum Gasteiger partial charge on any atom is 0.163 e. The summed E-state index contributed by atoms with van der Waals surface area (Å²) in [5.74, 6) is 1.45. The maximum atomic E-state index is 4.99. The molecule has 5 aromatic rings. The van der Waals surface area contributed by atoms with E-state index in [0.717, 1.165) is 28.5 Å². The third-order valence-electron chi connectivity index (χ3n) is 8.64. The Hall–Kier alpha value is -4.31. The Morgan fingerprint density at radius 2 is 1.05 bits per heavy atom. The van der Waals surface area contributed by atoms with Gasteiger partial charge < -0.3 is 4.90 Å². The SMILES string of the molecule is Cc1cc(C)c(-c2ccc(N(C)c3c(C)c(C)c(-c4ncnc(-c5c(C)cccc5C)n4)c(C)c3C)cc2)c(C)c1. The Morgan fingerprint density at radius 1 is 0.537 bits per heavy atom. The minimum absolute atomic E-state index is 0.722. The summed E-state index contributed by atoms with van der Waals surface area (Å²) in [7, 11) is 2.16. The average Bonchev–Trinajstić information content (AvgIpc) is 2.92. The summed E-state index contributed by atoms with van der Waals surface area (Å²) in [6.45, 7) is 19.6. The molecule has 4 aromatic carbocycles. The number of aromatic nitrogens is 3. The summed E-state index contributed by atoms with van der Waals surface area (Å²) in [5.41, 5.74) is 18.2. The Morgan fingerprint density at radius 3 is 1.59 bits per heavy atom. The van der Waals surface area contributed by atoms with Gasteiger partial charge in [0.25, 0.3) is 0 Å². The van der Waals surface area contributed by atoms with E-state index in [9.17, 15) is 0 Å². The van der Waals surface area contributed by atoms with Crippen molar-refractivity contribution in [3.8, 4) is 33.9 Å². The van der Waals surface area contributed by atoms with Gasteiger partial charge in [0.05, 0.1) is 0 Å². The Kier molecular flexibility index (Phi) is 7.52. The molecule has 0 saturated heterocycles. The molecule has 0 spiro atoms. The first-order chi connectivity index (χ1) is 19.5. The van der Waals surface area contributed by atoms with E-state index in [1.165, 1.54) is 66.9 Å². The maximum absolute atomic E-state index is 4.99. The lowest BCUT2D eigenvalue weighted by Crippen LogP contribution is -2.15. The smallest absolute Gasteiger partial charge is 0.163 e. The van der Waals surface area contributed by atoms with E-state index in [1.54, 1.807) is 6.33 Å². The summed E-state index contributed by atoms with van der Waals surface area (Å²) in [4.78, 5) is 16.5. The van der Waals surface area contributed by atoms with Gasteiger partial charge in [0, 0.05) is 29.5 Å². The Bertz CT molecular complexity index is 1710. The molecule has 0 saturated carbocycles. The standard InChI is InChI=1S/C37H40N4/c1-21-18-24(4)32(25(5)19-21)30-14-16-31(17-15-30)41(10)35-28(8)26(6)34(27(7)29(35)9)37-39-20-38-36(40-37)33-22(2)12-11-13-23(33)3/h11-20H,1-10H3. The van der Waals surface area contributed by atoms with Gasteiger partial charge in [-0.25, -0.2) is 15.0 Å². The summed E-state index contributed by atoms with van der Waals surface area (Å²) in [5, 5.41) is 0. The van der Waals surface area contributed by atoms with Crippen LogP contribution in [0.15, 0.2) is 60.9 Å². The highest BCUT2D eigenvalue weighted by molar-refractivity contribution is 5.81. The van der Waals surface area contributed by atoms with E-state index in [4.69, 9.17) is 4.98 Å². The number of rotatable bonds is 5. The van der Waals surface area contributed by atoms with Gasteiger partial charge in [-0.1, -0.05) is 48.0 Å². The molecule has 208 valence electrons. The quantitative estimate of drug-likeness (QED) is 0.223. The fourth-order valence-corrected chi connectivity index (χ4v) is 6.45. The lowest BCUT2D eigenvalue weighted by atomic mass is 9.90. The number of hydrogen-bond acceptors (Lipinski definition) is 4. The van der Waals surface area contributed by atoms with Crippen LogP contribution in [0.5, 0.6) is 0 Å². The van der Waals surface area contributed by atoms with Crippen LogP contribution in [0.25, 0.3) is 33.9 Å². The van der Waals surface area contributed by atoms with Gasteiger partial charge >= 0.3 is 0 Å². The van der Waals surface area contributed by atoms with Gasteiger partial charge in [-0.15, -0.1) is 0 Å². The lowest BCUT2D eigenvalue weighted by Gasteiger charge is -2.28. The molecule has 41 heavy (non-hydrogen) atoms. The number of aryl methyl sites for hydroxylation is 5. The summed E-state index contributed by atoms with van der Waals surface area (Å²) in [6.07, 6.45) is 1.65. The van der Waals surface area contributed by atoms with Gasteiger partial charge in [-0.3, -0.25) is 0 Å². The average molecular weight is 541 g/mol. The van der Waals surface area contributed by atoms with Crippen molar-refractivity contribution < 1.29 is 0 Å². The van der Waals surface area contributed by atoms with E-state index in [0.29, 0.717) is 0 Å². The monoisotopic (exact) mass is 540 g/mol. The predicted molar refractivity (Wildman–Crippen MR) is 173 cm³/mol. The highest BCUT2D eigenvalue weighted by Gasteiger charge is 2.22. The van der Waals surface area contributed by atoms with Crippen molar-refractivity contribution in [2.75, 3.05) is 11.9 Å². The van der Waals surface area contributed by atoms with Crippen LogP contribution in [0, 0.1) is 62.3 Å². The molecule has 0 aliphatic rings. The van der Waals surface area contributed by atoms with Crippen LogP contribution < -0.4 is 4.90 Å². The van der Waals surface area contributed by atoms with Crippen molar-refractivity contribution in [1.29, 1.82) is 0 Å². The van der Waals surface area contributed by atoms with Crippen molar-refractivity contribution in [2.24, 2.45) is 0 Å². The second kappa shape index (κ2) is 10.9. The first-order valence-electron chi connectivity index (χ1n) is 14.3. The molecule has 4 heteroatoms. The van der Waals surface area contributed by atoms with E-state index in [-0.39, 0.29) is 0 Å². The zero-order chi connectivity index (χ0) is 29.6. The molecule has 0 aliphatic heterocycles. The molecule has 0 amide bonds. The van der Waals surface area contributed by atoms with E-state index < -0.39 is 0 Å². The normalized spacial score (nSPS) is 11.2. The summed E-state index contributed by atoms with van der Waals surface area (Å²) in [6, 6.07) is 19.8. The molecule has 1 aromatic heterocycles. The molecule has 5 rings (SSSR count). The van der Waals surface area contributed by atoms with Crippen molar-refractivity contribution in [3.63, 3.8) is 0 Å².